The summed E-state index contributed by atoms with van der Waals surface area (Å²) >= 11 is 0. The highest BCUT2D eigenvalue weighted by atomic mass is 16.6. The molecule has 0 bridgehead atoms. The molecular formula is C16H25N3O3. The molecule has 2 rings (SSSR count). The molecule has 2 heterocycles. The number of likely N-dealkylation sites (tertiary alicyclic amines) is 1. The van der Waals surface area contributed by atoms with Crippen LogP contribution in [0.3, 0.4) is 0 Å². The Bertz CT molecular complexity index is 545. The summed E-state index contributed by atoms with van der Waals surface area (Å²) in [4.78, 5) is 26.3. The van der Waals surface area contributed by atoms with Crippen molar-refractivity contribution < 1.29 is 14.3 Å². The number of ketones is 1. The molecule has 0 spiro atoms. The van der Waals surface area contributed by atoms with Gasteiger partial charge in [0.2, 0.25) is 0 Å². The van der Waals surface area contributed by atoms with Crippen molar-refractivity contribution in [1.82, 2.24) is 14.7 Å². The third-order valence-corrected chi connectivity index (χ3v) is 3.71. The van der Waals surface area contributed by atoms with Crippen molar-refractivity contribution in [1.29, 1.82) is 0 Å². The van der Waals surface area contributed by atoms with Crippen LogP contribution in [0.15, 0.2) is 12.4 Å². The van der Waals surface area contributed by atoms with Crippen LogP contribution in [0.1, 0.15) is 57.3 Å². The number of hydrogen-bond acceptors (Lipinski definition) is 4. The van der Waals surface area contributed by atoms with Gasteiger partial charge in [-0.3, -0.25) is 9.48 Å². The van der Waals surface area contributed by atoms with Crippen LogP contribution in [0.2, 0.25) is 0 Å². The average molecular weight is 307 g/mol. The second-order valence-electron chi connectivity index (χ2n) is 6.68. The lowest BCUT2D eigenvalue weighted by atomic mass is 10.0. The third-order valence-electron chi connectivity index (χ3n) is 3.71. The van der Waals surface area contributed by atoms with E-state index in [4.69, 9.17) is 4.74 Å². The van der Waals surface area contributed by atoms with Crippen molar-refractivity contribution in [3.05, 3.63) is 18.0 Å². The molecule has 0 aromatic carbocycles. The zero-order valence-corrected chi connectivity index (χ0v) is 13.8. The highest BCUT2D eigenvalue weighted by Gasteiger charge is 2.33. The lowest BCUT2D eigenvalue weighted by molar-refractivity contribution is 0.0223. The number of carbonyl (C=O) groups excluding carboxylic acids is 2. The van der Waals surface area contributed by atoms with Gasteiger partial charge >= 0.3 is 6.09 Å². The molecule has 1 aliphatic rings. The van der Waals surface area contributed by atoms with Crippen LogP contribution < -0.4 is 0 Å². The molecule has 0 saturated carbocycles. The summed E-state index contributed by atoms with van der Waals surface area (Å²) in [6, 6.07) is -0.0765. The lowest BCUT2D eigenvalue weighted by Gasteiger charge is -2.28. The molecule has 1 aromatic heterocycles. The molecule has 1 fully saturated rings. The quantitative estimate of drug-likeness (QED) is 0.802. The number of ether oxygens (including phenoxy) is 1. The molecule has 1 atom stereocenters. The van der Waals surface area contributed by atoms with Gasteiger partial charge in [-0.1, -0.05) is 0 Å². The van der Waals surface area contributed by atoms with E-state index in [-0.39, 0.29) is 17.9 Å². The Kier molecular flexibility index (Phi) is 4.88. The SMILES string of the molecule is CCn1cc(C(=O)CC2CCCN2C(=O)OC(C)(C)C)cn1. The van der Waals surface area contributed by atoms with Crippen LogP contribution in [0, 0.1) is 0 Å². The Balaban J connectivity index is 1.98. The van der Waals surface area contributed by atoms with Crippen molar-refractivity contribution in [2.45, 2.75) is 65.1 Å². The first kappa shape index (κ1) is 16.5. The van der Waals surface area contributed by atoms with Gasteiger partial charge in [-0.15, -0.1) is 0 Å². The Morgan fingerprint density at radius 1 is 1.41 bits per heavy atom. The molecule has 1 unspecified atom stereocenters. The number of hydrogen-bond donors (Lipinski definition) is 0. The predicted octanol–water partition coefficient (Wildman–Crippen LogP) is 2.88. The van der Waals surface area contributed by atoms with Crippen LogP contribution in [0.4, 0.5) is 4.79 Å². The highest BCUT2D eigenvalue weighted by Crippen LogP contribution is 2.24. The topological polar surface area (TPSA) is 64.4 Å². The first-order valence-corrected chi connectivity index (χ1v) is 7.85. The fraction of sp³-hybridized carbons (Fsp3) is 0.688. The number of aromatic nitrogens is 2. The van der Waals surface area contributed by atoms with Gasteiger partial charge in [0.1, 0.15) is 5.60 Å². The second-order valence-corrected chi connectivity index (χ2v) is 6.68. The summed E-state index contributed by atoms with van der Waals surface area (Å²) in [5.41, 5.74) is 0.0918. The number of rotatable bonds is 4. The van der Waals surface area contributed by atoms with Crippen LogP contribution in [-0.2, 0) is 11.3 Å². The van der Waals surface area contributed by atoms with E-state index in [9.17, 15) is 9.59 Å². The average Bonchev–Trinajstić information content (AvgIpc) is 3.04. The first-order chi connectivity index (χ1) is 10.3. The minimum absolute atomic E-state index is 0.0279. The predicted molar refractivity (Wildman–Crippen MR) is 82.8 cm³/mol. The van der Waals surface area contributed by atoms with Crippen LogP contribution in [0.25, 0.3) is 0 Å². The highest BCUT2D eigenvalue weighted by molar-refractivity contribution is 5.96. The fourth-order valence-corrected chi connectivity index (χ4v) is 2.62. The molecule has 6 nitrogen and oxygen atoms in total. The molecule has 6 heteroatoms. The molecule has 1 aliphatic heterocycles. The van der Waals surface area contributed by atoms with Gasteiger partial charge < -0.3 is 9.64 Å². The Morgan fingerprint density at radius 3 is 2.73 bits per heavy atom. The first-order valence-electron chi connectivity index (χ1n) is 7.85. The summed E-state index contributed by atoms with van der Waals surface area (Å²) in [7, 11) is 0. The minimum atomic E-state index is -0.517. The lowest BCUT2D eigenvalue weighted by Crippen LogP contribution is -2.40. The van der Waals surface area contributed by atoms with Gasteiger partial charge in [-0.05, 0) is 40.5 Å². The number of amides is 1. The largest absolute Gasteiger partial charge is 0.444 e. The van der Waals surface area contributed by atoms with Gasteiger partial charge in [0, 0.05) is 31.7 Å². The second kappa shape index (κ2) is 6.50. The van der Waals surface area contributed by atoms with E-state index in [0.717, 1.165) is 19.4 Å². The van der Waals surface area contributed by atoms with Crippen molar-refractivity contribution in [2.24, 2.45) is 0 Å². The zero-order chi connectivity index (χ0) is 16.3. The molecule has 1 saturated heterocycles. The van der Waals surface area contributed by atoms with Gasteiger partial charge in [-0.2, -0.15) is 5.10 Å². The van der Waals surface area contributed by atoms with E-state index in [2.05, 4.69) is 5.10 Å². The monoisotopic (exact) mass is 307 g/mol. The van der Waals surface area contributed by atoms with Gasteiger partial charge in [-0.25, -0.2) is 4.79 Å². The molecular weight excluding hydrogens is 282 g/mol. The maximum Gasteiger partial charge on any atom is 0.410 e. The standard InChI is InChI=1S/C16H25N3O3/c1-5-18-11-12(10-17-18)14(20)9-13-7-6-8-19(13)15(21)22-16(2,3)4/h10-11,13H,5-9H2,1-4H3. The van der Waals surface area contributed by atoms with Crippen molar-refractivity contribution >= 4 is 11.9 Å². The Hall–Kier alpha value is -1.85. The summed E-state index contributed by atoms with van der Waals surface area (Å²) in [5.74, 6) is 0.0279. The van der Waals surface area contributed by atoms with Crippen molar-refractivity contribution in [3.8, 4) is 0 Å². The number of aryl methyl sites for hydroxylation is 1. The Labute approximate surface area is 131 Å². The normalized spacial score (nSPS) is 18.5. The maximum atomic E-state index is 12.4. The molecule has 0 N–H and O–H groups in total. The van der Waals surface area contributed by atoms with E-state index in [1.165, 1.54) is 0 Å². The summed E-state index contributed by atoms with van der Waals surface area (Å²) in [6.45, 7) is 8.91. The third kappa shape index (κ3) is 4.08. The molecule has 22 heavy (non-hydrogen) atoms. The van der Waals surface area contributed by atoms with E-state index in [1.54, 1.807) is 22.0 Å². The van der Waals surface area contributed by atoms with Gasteiger partial charge in [0.15, 0.2) is 5.78 Å². The van der Waals surface area contributed by atoms with E-state index in [0.29, 0.717) is 18.5 Å². The smallest absolute Gasteiger partial charge is 0.410 e. The number of nitrogens with zero attached hydrogens (tertiary/aromatic N) is 3. The number of Topliss-reactive ketones (excluding diaryl/α,β-unsaturated/α-hetero) is 1. The molecule has 0 aliphatic carbocycles. The summed E-state index contributed by atoms with van der Waals surface area (Å²) in [5, 5.41) is 4.12. The molecule has 1 amide bonds. The molecule has 122 valence electrons. The van der Waals surface area contributed by atoms with Crippen molar-refractivity contribution in [2.75, 3.05) is 6.54 Å². The van der Waals surface area contributed by atoms with Crippen LogP contribution in [0.5, 0.6) is 0 Å². The van der Waals surface area contributed by atoms with Crippen LogP contribution >= 0.6 is 0 Å². The summed E-state index contributed by atoms with van der Waals surface area (Å²) in [6.07, 6.45) is 5.10. The summed E-state index contributed by atoms with van der Waals surface area (Å²) < 4.78 is 7.15. The van der Waals surface area contributed by atoms with Crippen LogP contribution in [-0.4, -0.2) is 44.7 Å². The van der Waals surface area contributed by atoms with E-state index >= 15 is 0 Å². The minimum Gasteiger partial charge on any atom is -0.444 e. The Morgan fingerprint density at radius 2 is 2.14 bits per heavy atom. The van der Waals surface area contributed by atoms with Gasteiger partial charge in [0.05, 0.1) is 11.8 Å². The van der Waals surface area contributed by atoms with E-state index < -0.39 is 5.60 Å². The molecule has 1 aromatic rings. The fourth-order valence-electron chi connectivity index (χ4n) is 2.62. The van der Waals surface area contributed by atoms with Crippen molar-refractivity contribution in [3.63, 3.8) is 0 Å². The zero-order valence-electron chi connectivity index (χ0n) is 13.8. The van der Waals surface area contributed by atoms with E-state index in [1.807, 2.05) is 27.7 Å². The molecule has 0 radical (unpaired) electrons. The van der Waals surface area contributed by atoms with Gasteiger partial charge in [0.25, 0.3) is 0 Å². The number of carbonyl (C=O) groups is 2. The maximum absolute atomic E-state index is 12.4.